The van der Waals surface area contributed by atoms with E-state index >= 15 is 0 Å². The molecule has 0 atom stereocenters. The van der Waals surface area contributed by atoms with Crippen LogP contribution in [0.1, 0.15) is 40.2 Å². The first-order valence-electron chi connectivity index (χ1n) is 7.64. The number of aromatic nitrogens is 1. The van der Waals surface area contributed by atoms with E-state index in [1.165, 1.54) is 20.1 Å². The highest BCUT2D eigenvalue weighted by atomic mass is 32.2. The molecule has 0 aliphatic heterocycles. The topological polar surface area (TPSA) is 89.3 Å². The van der Waals surface area contributed by atoms with E-state index in [-0.39, 0.29) is 16.1 Å². The average molecular weight is 368 g/mol. The summed E-state index contributed by atoms with van der Waals surface area (Å²) in [5.41, 5.74) is 0.304. The van der Waals surface area contributed by atoms with Crippen LogP contribution in [-0.4, -0.2) is 24.2 Å². The van der Waals surface area contributed by atoms with Crippen molar-refractivity contribution in [1.82, 2.24) is 5.16 Å². The lowest BCUT2D eigenvalue weighted by atomic mass is 9.89. The highest BCUT2D eigenvalue weighted by Crippen LogP contribution is 2.31. The molecule has 2 aromatic rings. The molecular formula is C17H21FN2O4S. The van der Waals surface area contributed by atoms with Crippen molar-refractivity contribution in [2.24, 2.45) is 0 Å². The molecule has 0 bridgehead atoms. The molecule has 8 heteroatoms. The summed E-state index contributed by atoms with van der Waals surface area (Å²) in [5, 5.41) is 6.28. The smallest absolute Gasteiger partial charge is 0.246 e. The van der Waals surface area contributed by atoms with E-state index in [1.54, 1.807) is 0 Å². The molecule has 136 valence electrons. The number of amides is 1. The van der Waals surface area contributed by atoms with Crippen LogP contribution in [0.4, 0.5) is 10.2 Å². The van der Waals surface area contributed by atoms with Crippen LogP contribution < -0.4 is 5.32 Å². The Balaban J connectivity index is 2.35. The number of sulfone groups is 1. The molecule has 1 heterocycles. The second-order valence-corrected chi connectivity index (χ2v) is 9.75. The number of carbonyl (C=O) groups excluding carboxylic acids is 1. The zero-order valence-electron chi connectivity index (χ0n) is 14.8. The normalized spacial score (nSPS) is 12.9. The van der Waals surface area contributed by atoms with Crippen LogP contribution in [0.15, 0.2) is 39.9 Å². The Morgan fingerprint density at radius 3 is 2.20 bits per heavy atom. The van der Waals surface area contributed by atoms with Crippen molar-refractivity contribution in [1.29, 1.82) is 0 Å². The van der Waals surface area contributed by atoms with Crippen molar-refractivity contribution in [2.45, 2.75) is 49.7 Å². The van der Waals surface area contributed by atoms with E-state index in [9.17, 15) is 17.6 Å². The van der Waals surface area contributed by atoms with Gasteiger partial charge in [-0.15, -0.1) is 0 Å². The van der Waals surface area contributed by atoms with Crippen molar-refractivity contribution in [3.8, 4) is 0 Å². The number of rotatable bonds is 4. The van der Waals surface area contributed by atoms with Gasteiger partial charge in [-0.05, 0) is 43.5 Å². The maximum atomic E-state index is 13.0. The van der Waals surface area contributed by atoms with Gasteiger partial charge in [-0.25, -0.2) is 12.8 Å². The van der Waals surface area contributed by atoms with Crippen molar-refractivity contribution >= 4 is 21.6 Å². The summed E-state index contributed by atoms with van der Waals surface area (Å²) in [6.07, 6.45) is 1.41. The molecular weight excluding hydrogens is 347 g/mol. The molecule has 0 fully saturated rings. The molecule has 0 radical (unpaired) electrons. The lowest BCUT2D eigenvalue weighted by Crippen LogP contribution is -2.44. The summed E-state index contributed by atoms with van der Waals surface area (Å²) in [6, 6.07) is 4.35. The molecule has 1 aromatic heterocycles. The first kappa shape index (κ1) is 19.1. The van der Waals surface area contributed by atoms with Gasteiger partial charge < -0.3 is 9.84 Å². The number of halogens is 1. The first-order chi connectivity index (χ1) is 11.4. The quantitative estimate of drug-likeness (QED) is 0.837. The number of carbonyl (C=O) groups is 1. The van der Waals surface area contributed by atoms with Crippen LogP contribution in [0.25, 0.3) is 0 Å². The monoisotopic (exact) mass is 368 g/mol. The maximum Gasteiger partial charge on any atom is 0.246 e. The minimum Gasteiger partial charge on any atom is -0.362 e. The summed E-state index contributed by atoms with van der Waals surface area (Å²) in [4.78, 5) is 12.5. The van der Waals surface area contributed by atoms with Gasteiger partial charge in [-0.2, -0.15) is 0 Å². The molecule has 25 heavy (non-hydrogen) atoms. The van der Waals surface area contributed by atoms with E-state index in [0.717, 1.165) is 24.3 Å². The second-order valence-electron chi connectivity index (χ2n) is 7.25. The standard InChI is InChI=1S/C17H21FN2O4S/c1-16(2,3)13-10-24-20-14(13)19-15(21)17(4,5)25(22,23)12-8-6-11(18)7-9-12/h6-10H,1-5H3,(H,19,20,21). The van der Waals surface area contributed by atoms with E-state index < -0.39 is 26.3 Å². The third kappa shape index (κ3) is 3.58. The molecule has 1 aromatic carbocycles. The number of nitrogens with zero attached hydrogens (tertiary/aromatic N) is 1. The maximum absolute atomic E-state index is 13.0. The SMILES string of the molecule is CC(C)(C)c1conc1NC(=O)C(C)(C)S(=O)(=O)c1ccc(F)cc1. The van der Waals surface area contributed by atoms with Gasteiger partial charge in [0.25, 0.3) is 0 Å². The molecule has 6 nitrogen and oxygen atoms in total. The summed E-state index contributed by atoms with van der Waals surface area (Å²) in [5.74, 6) is -1.13. The van der Waals surface area contributed by atoms with Crippen molar-refractivity contribution in [3.05, 3.63) is 41.9 Å². The van der Waals surface area contributed by atoms with E-state index in [1.807, 2.05) is 20.8 Å². The summed E-state index contributed by atoms with van der Waals surface area (Å²) < 4.78 is 41.7. The van der Waals surface area contributed by atoms with E-state index in [4.69, 9.17) is 4.52 Å². The second kappa shape index (κ2) is 6.25. The Morgan fingerprint density at radius 1 is 1.12 bits per heavy atom. The van der Waals surface area contributed by atoms with Gasteiger partial charge in [-0.1, -0.05) is 25.9 Å². The van der Waals surface area contributed by atoms with Gasteiger partial charge in [0.1, 0.15) is 16.8 Å². The summed E-state index contributed by atoms with van der Waals surface area (Å²) in [6.45, 7) is 8.32. The Hall–Kier alpha value is -2.22. The molecule has 0 unspecified atom stereocenters. The van der Waals surface area contributed by atoms with Crippen LogP contribution in [0.2, 0.25) is 0 Å². The zero-order valence-corrected chi connectivity index (χ0v) is 15.6. The molecule has 2 rings (SSSR count). The minimum absolute atomic E-state index is 0.134. The Kier molecular flexibility index (Phi) is 4.78. The Morgan fingerprint density at radius 2 is 1.68 bits per heavy atom. The Labute approximate surface area is 146 Å². The van der Waals surface area contributed by atoms with Crippen LogP contribution in [0.5, 0.6) is 0 Å². The molecule has 0 saturated heterocycles. The average Bonchev–Trinajstić information content (AvgIpc) is 2.95. The predicted octanol–water partition coefficient (Wildman–Crippen LogP) is 3.30. The molecule has 1 N–H and O–H groups in total. The lowest BCUT2D eigenvalue weighted by Gasteiger charge is -2.24. The fourth-order valence-electron chi connectivity index (χ4n) is 2.15. The Bertz CT molecular complexity index is 878. The van der Waals surface area contributed by atoms with Gasteiger partial charge in [0.15, 0.2) is 15.7 Å². The van der Waals surface area contributed by atoms with Gasteiger partial charge >= 0.3 is 0 Å². The molecule has 0 aliphatic rings. The first-order valence-corrected chi connectivity index (χ1v) is 9.12. The zero-order chi connectivity index (χ0) is 19.0. The molecule has 0 spiro atoms. The van der Waals surface area contributed by atoms with Crippen LogP contribution in [0.3, 0.4) is 0 Å². The number of nitrogens with one attached hydrogen (secondary N) is 1. The molecule has 0 saturated carbocycles. The lowest BCUT2D eigenvalue weighted by molar-refractivity contribution is -0.117. The van der Waals surface area contributed by atoms with Crippen LogP contribution >= 0.6 is 0 Å². The van der Waals surface area contributed by atoms with Crippen molar-refractivity contribution in [3.63, 3.8) is 0 Å². The summed E-state index contributed by atoms with van der Waals surface area (Å²) >= 11 is 0. The van der Waals surface area contributed by atoms with Crippen LogP contribution in [0, 0.1) is 5.82 Å². The van der Waals surface area contributed by atoms with E-state index in [2.05, 4.69) is 10.5 Å². The largest absolute Gasteiger partial charge is 0.362 e. The van der Waals surface area contributed by atoms with Gasteiger partial charge in [0, 0.05) is 5.56 Å². The minimum atomic E-state index is -4.04. The fourth-order valence-corrected chi connectivity index (χ4v) is 3.53. The third-order valence-electron chi connectivity index (χ3n) is 3.95. The van der Waals surface area contributed by atoms with Gasteiger partial charge in [-0.3, -0.25) is 4.79 Å². The van der Waals surface area contributed by atoms with E-state index in [0.29, 0.717) is 5.56 Å². The number of hydrogen-bond donors (Lipinski definition) is 1. The number of hydrogen-bond acceptors (Lipinski definition) is 5. The number of anilines is 1. The van der Waals surface area contributed by atoms with Crippen LogP contribution in [-0.2, 0) is 20.0 Å². The summed E-state index contributed by atoms with van der Waals surface area (Å²) in [7, 11) is -4.04. The number of benzene rings is 1. The van der Waals surface area contributed by atoms with Crippen molar-refractivity contribution in [2.75, 3.05) is 5.32 Å². The molecule has 0 aliphatic carbocycles. The van der Waals surface area contributed by atoms with Crippen molar-refractivity contribution < 1.29 is 22.1 Å². The third-order valence-corrected chi connectivity index (χ3v) is 6.37. The molecule has 1 amide bonds. The van der Waals surface area contributed by atoms with Gasteiger partial charge in [0.2, 0.25) is 5.91 Å². The fraction of sp³-hybridized carbons (Fsp3) is 0.412. The highest BCUT2D eigenvalue weighted by Gasteiger charge is 2.43. The highest BCUT2D eigenvalue weighted by molar-refractivity contribution is 7.93. The van der Waals surface area contributed by atoms with Gasteiger partial charge in [0.05, 0.1) is 4.90 Å². The predicted molar refractivity (Wildman–Crippen MR) is 91.5 cm³/mol.